The normalized spacial score (nSPS) is 15.4. The molecule has 8 nitrogen and oxygen atoms in total. The smallest absolute Gasteiger partial charge is 0.291 e. The molecular formula is C23H28N4O4S. The van der Waals surface area contributed by atoms with Crippen LogP contribution in [0.3, 0.4) is 0 Å². The molecule has 1 N–H and O–H groups in total. The Bertz CT molecular complexity index is 1190. The van der Waals surface area contributed by atoms with Crippen LogP contribution in [0.2, 0.25) is 0 Å². The largest absolute Gasteiger partial charge is 0.454 e. The van der Waals surface area contributed by atoms with Gasteiger partial charge in [-0.15, -0.1) is 0 Å². The quantitative estimate of drug-likeness (QED) is 0.606. The van der Waals surface area contributed by atoms with Crippen LogP contribution >= 0.6 is 0 Å². The summed E-state index contributed by atoms with van der Waals surface area (Å²) >= 11 is 0. The Morgan fingerprint density at radius 1 is 1.03 bits per heavy atom. The zero-order valence-electron chi connectivity index (χ0n) is 18.4. The second-order valence-corrected chi connectivity index (χ2v) is 10.1. The second-order valence-electron chi connectivity index (χ2n) is 8.15. The molecule has 0 saturated carbocycles. The maximum absolute atomic E-state index is 12.9. The van der Waals surface area contributed by atoms with E-state index >= 15 is 0 Å². The molecule has 1 aliphatic heterocycles. The number of furan rings is 1. The Balaban J connectivity index is 1.41. The summed E-state index contributed by atoms with van der Waals surface area (Å²) in [6, 6.07) is 11.6. The van der Waals surface area contributed by atoms with Gasteiger partial charge in [0.2, 0.25) is 10.0 Å². The summed E-state index contributed by atoms with van der Waals surface area (Å²) in [5, 5.41) is 7.15. The van der Waals surface area contributed by atoms with E-state index in [0.717, 1.165) is 37.1 Å². The molecule has 0 spiro atoms. The van der Waals surface area contributed by atoms with Crippen molar-refractivity contribution in [3.05, 3.63) is 65.4 Å². The summed E-state index contributed by atoms with van der Waals surface area (Å²) in [7, 11) is -3.52. The highest BCUT2D eigenvalue weighted by Gasteiger charge is 2.25. The van der Waals surface area contributed by atoms with Gasteiger partial charge in [0.15, 0.2) is 5.76 Å². The van der Waals surface area contributed by atoms with Crippen LogP contribution in [-0.2, 0) is 16.6 Å². The van der Waals surface area contributed by atoms with Crippen LogP contribution in [0.15, 0.2) is 51.8 Å². The highest BCUT2D eigenvalue weighted by molar-refractivity contribution is 7.89. The average molecular weight is 457 g/mol. The Kier molecular flexibility index (Phi) is 6.48. The molecular weight excluding hydrogens is 428 g/mol. The first-order valence-corrected chi connectivity index (χ1v) is 12.3. The fourth-order valence-electron chi connectivity index (χ4n) is 3.90. The standard InChI is InChI=1S/C23H28N4O4S/c1-17-15-18(2)27(25-17)16-20-9-12-22(31-20)23(28)24-19-7-10-21(11-8-19)32(29,30)26-13-5-3-4-6-14-26/h7-12,15H,3-6,13-14,16H2,1-2H3,(H,24,28). The van der Waals surface area contributed by atoms with Gasteiger partial charge < -0.3 is 9.73 Å². The summed E-state index contributed by atoms with van der Waals surface area (Å²) in [5.74, 6) is 0.413. The SMILES string of the molecule is Cc1cc(C)n(Cc2ccc(C(=O)Nc3ccc(S(=O)(=O)N4CCCCCC4)cc3)o2)n1. The number of nitrogens with zero attached hydrogens (tertiary/aromatic N) is 3. The molecule has 1 amide bonds. The lowest BCUT2D eigenvalue weighted by molar-refractivity contribution is 0.0994. The van der Waals surface area contributed by atoms with E-state index < -0.39 is 15.9 Å². The van der Waals surface area contributed by atoms with Crippen molar-refractivity contribution in [1.29, 1.82) is 0 Å². The lowest BCUT2D eigenvalue weighted by atomic mass is 10.2. The van der Waals surface area contributed by atoms with Crippen molar-refractivity contribution in [2.45, 2.75) is 51.0 Å². The number of benzene rings is 1. The van der Waals surface area contributed by atoms with Gasteiger partial charge in [0.05, 0.1) is 17.1 Å². The van der Waals surface area contributed by atoms with Gasteiger partial charge in [0.25, 0.3) is 5.91 Å². The number of sulfonamides is 1. The maximum Gasteiger partial charge on any atom is 0.291 e. The topological polar surface area (TPSA) is 97.4 Å². The van der Waals surface area contributed by atoms with Crippen molar-refractivity contribution >= 4 is 21.6 Å². The number of aromatic nitrogens is 2. The molecule has 0 atom stereocenters. The first-order chi connectivity index (χ1) is 15.3. The molecule has 170 valence electrons. The molecule has 1 aromatic carbocycles. The van der Waals surface area contributed by atoms with Crippen LogP contribution in [0.5, 0.6) is 0 Å². The molecule has 0 aliphatic carbocycles. The number of nitrogens with one attached hydrogen (secondary N) is 1. The number of rotatable bonds is 6. The van der Waals surface area contributed by atoms with Crippen molar-refractivity contribution in [2.24, 2.45) is 0 Å². The molecule has 0 unspecified atom stereocenters. The Hall–Kier alpha value is -2.91. The number of hydrogen-bond donors (Lipinski definition) is 1. The van der Waals surface area contributed by atoms with Crippen LogP contribution in [0.4, 0.5) is 5.69 Å². The third-order valence-corrected chi connectivity index (χ3v) is 7.52. The van der Waals surface area contributed by atoms with Gasteiger partial charge >= 0.3 is 0 Å². The van der Waals surface area contributed by atoms with Crippen LogP contribution in [0, 0.1) is 13.8 Å². The van der Waals surface area contributed by atoms with E-state index in [-0.39, 0.29) is 10.7 Å². The first-order valence-electron chi connectivity index (χ1n) is 10.8. The number of anilines is 1. The Morgan fingerprint density at radius 3 is 2.34 bits per heavy atom. The number of amides is 1. The van der Waals surface area contributed by atoms with Crippen LogP contribution in [0.25, 0.3) is 0 Å². The van der Waals surface area contributed by atoms with Crippen molar-refractivity contribution in [1.82, 2.24) is 14.1 Å². The third kappa shape index (κ3) is 4.94. The predicted molar refractivity (Wildman–Crippen MR) is 121 cm³/mol. The number of carbonyl (C=O) groups excluding carboxylic acids is 1. The van der Waals surface area contributed by atoms with E-state index in [9.17, 15) is 13.2 Å². The van der Waals surface area contributed by atoms with Crippen molar-refractivity contribution in [3.63, 3.8) is 0 Å². The van der Waals surface area contributed by atoms with Gasteiger partial charge in [-0.05, 0) is 69.2 Å². The molecule has 4 rings (SSSR count). The lowest BCUT2D eigenvalue weighted by Crippen LogP contribution is -2.31. The Labute approximate surface area is 188 Å². The first kappa shape index (κ1) is 22.3. The Morgan fingerprint density at radius 2 is 1.72 bits per heavy atom. The monoisotopic (exact) mass is 456 g/mol. The van der Waals surface area contributed by atoms with Crippen molar-refractivity contribution < 1.29 is 17.6 Å². The van der Waals surface area contributed by atoms with Crippen LogP contribution < -0.4 is 5.32 Å². The lowest BCUT2D eigenvalue weighted by Gasteiger charge is -2.20. The summed E-state index contributed by atoms with van der Waals surface area (Å²) in [6.07, 6.45) is 3.90. The molecule has 1 saturated heterocycles. The predicted octanol–water partition coefficient (Wildman–Crippen LogP) is 3.96. The minimum atomic E-state index is -3.52. The molecule has 3 heterocycles. The zero-order chi connectivity index (χ0) is 22.7. The van der Waals surface area contributed by atoms with Gasteiger partial charge in [-0.3, -0.25) is 9.48 Å². The highest BCUT2D eigenvalue weighted by Crippen LogP contribution is 2.22. The van der Waals surface area contributed by atoms with Crippen LogP contribution in [-0.4, -0.2) is 41.5 Å². The van der Waals surface area contributed by atoms with Crippen molar-refractivity contribution in [2.75, 3.05) is 18.4 Å². The summed E-state index contributed by atoms with van der Waals surface area (Å²) < 4.78 is 34.8. The van der Waals surface area contributed by atoms with E-state index in [1.54, 1.807) is 28.6 Å². The minimum absolute atomic E-state index is 0.183. The van der Waals surface area contributed by atoms with E-state index in [1.165, 1.54) is 12.1 Å². The van der Waals surface area contributed by atoms with E-state index in [4.69, 9.17) is 4.42 Å². The highest BCUT2D eigenvalue weighted by atomic mass is 32.2. The van der Waals surface area contributed by atoms with Crippen molar-refractivity contribution in [3.8, 4) is 0 Å². The molecule has 1 fully saturated rings. The fourth-order valence-corrected chi connectivity index (χ4v) is 5.42. The molecule has 3 aromatic rings. The second kappa shape index (κ2) is 9.30. The maximum atomic E-state index is 12.9. The molecule has 32 heavy (non-hydrogen) atoms. The van der Waals surface area contributed by atoms with E-state index in [0.29, 0.717) is 31.1 Å². The summed E-state index contributed by atoms with van der Waals surface area (Å²) in [6.45, 7) is 5.44. The van der Waals surface area contributed by atoms with Crippen LogP contribution in [0.1, 0.15) is 53.4 Å². The minimum Gasteiger partial charge on any atom is -0.454 e. The fraction of sp³-hybridized carbons (Fsp3) is 0.391. The van der Waals surface area contributed by atoms with E-state index in [2.05, 4.69) is 10.4 Å². The molecule has 9 heteroatoms. The number of aryl methyl sites for hydroxylation is 2. The molecule has 0 radical (unpaired) electrons. The number of hydrogen-bond acceptors (Lipinski definition) is 5. The van der Waals surface area contributed by atoms with Gasteiger partial charge in [-0.2, -0.15) is 9.40 Å². The summed E-state index contributed by atoms with van der Waals surface area (Å²) in [4.78, 5) is 12.8. The third-order valence-electron chi connectivity index (χ3n) is 5.61. The molecule has 0 bridgehead atoms. The molecule has 2 aromatic heterocycles. The van der Waals surface area contributed by atoms with Gasteiger partial charge in [0, 0.05) is 24.5 Å². The number of carbonyl (C=O) groups is 1. The molecule has 1 aliphatic rings. The van der Waals surface area contributed by atoms with Gasteiger partial charge in [-0.1, -0.05) is 12.8 Å². The van der Waals surface area contributed by atoms with E-state index in [1.807, 2.05) is 24.6 Å². The average Bonchev–Trinajstić information content (AvgIpc) is 3.23. The van der Waals surface area contributed by atoms with Gasteiger partial charge in [-0.25, -0.2) is 8.42 Å². The zero-order valence-corrected chi connectivity index (χ0v) is 19.2. The summed E-state index contributed by atoms with van der Waals surface area (Å²) in [5.41, 5.74) is 2.44. The van der Waals surface area contributed by atoms with Gasteiger partial charge in [0.1, 0.15) is 5.76 Å².